The number of phenols is 1. The Hall–Kier alpha value is -2.90. The van der Waals surface area contributed by atoms with E-state index >= 15 is 0 Å². The van der Waals surface area contributed by atoms with Crippen molar-refractivity contribution in [3.63, 3.8) is 0 Å². The summed E-state index contributed by atoms with van der Waals surface area (Å²) in [7, 11) is 1.18. The van der Waals surface area contributed by atoms with Crippen molar-refractivity contribution in [1.29, 1.82) is 0 Å². The van der Waals surface area contributed by atoms with E-state index in [4.69, 9.17) is 11.6 Å². The molecule has 2 N–H and O–H groups in total. The van der Waals surface area contributed by atoms with Gasteiger partial charge < -0.3 is 14.9 Å². The first kappa shape index (κ1) is 17.9. The van der Waals surface area contributed by atoms with Crippen LogP contribution in [0.15, 0.2) is 53.6 Å². The third-order valence-electron chi connectivity index (χ3n) is 4.04. The van der Waals surface area contributed by atoms with Crippen LogP contribution in [0.4, 0.5) is 0 Å². The van der Waals surface area contributed by atoms with Crippen molar-refractivity contribution < 1.29 is 24.5 Å². The van der Waals surface area contributed by atoms with Gasteiger partial charge in [0.05, 0.1) is 19.1 Å². The van der Waals surface area contributed by atoms with Gasteiger partial charge in [0.15, 0.2) is 11.4 Å². The summed E-state index contributed by atoms with van der Waals surface area (Å²) in [4.78, 5) is 24.8. The van der Waals surface area contributed by atoms with Gasteiger partial charge in [-0.1, -0.05) is 35.9 Å². The number of rotatable bonds is 3. The van der Waals surface area contributed by atoms with Crippen molar-refractivity contribution >= 4 is 29.2 Å². The van der Waals surface area contributed by atoms with E-state index in [1.165, 1.54) is 31.4 Å². The number of hydrazone groups is 1. The maximum atomic E-state index is 12.9. The van der Waals surface area contributed by atoms with Crippen LogP contribution in [0.2, 0.25) is 5.02 Å². The number of aromatic hydroxyl groups is 1. The Kier molecular flexibility index (Phi) is 4.67. The number of aliphatic hydroxyl groups is 1. The lowest BCUT2D eigenvalue weighted by Gasteiger charge is -2.31. The zero-order valence-corrected chi connectivity index (χ0v) is 14.5. The molecular weight excluding hydrogens is 360 g/mol. The van der Waals surface area contributed by atoms with Crippen LogP contribution >= 0.6 is 11.6 Å². The molecule has 26 heavy (non-hydrogen) atoms. The normalized spacial score (nSPS) is 19.2. The summed E-state index contributed by atoms with van der Waals surface area (Å²) in [6.07, 6.45) is -0.263. The van der Waals surface area contributed by atoms with Gasteiger partial charge >= 0.3 is 5.97 Å². The lowest BCUT2D eigenvalue weighted by molar-refractivity contribution is -0.133. The number of halogens is 1. The highest BCUT2D eigenvalue weighted by atomic mass is 35.5. The van der Waals surface area contributed by atoms with Crippen LogP contribution in [0.3, 0.4) is 0 Å². The standard InChI is InChI=1S/C18H15ClN2O5/c1-26-17(24)14-10-18(25,11-6-8-12(19)9-7-11)21(20-14)16(23)13-4-2-3-5-15(13)22/h2-9,22,25H,10H2,1H3. The third-order valence-corrected chi connectivity index (χ3v) is 4.29. The van der Waals surface area contributed by atoms with E-state index < -0.39 is 17.6 Å². The zero-order valence-electron chi connectivity index (χ0n) is 13.7. The Balaban J connectivity index is 2.08. The van der Waals surface area contributed by atoms with Gasteiger partial charge in [-0.15, -0.1) is 0 Å². The minimum absolute atomic E-state index is 0.0604. The van der Waals surface area contributed by atoms with Crippen molar-refractivity contribution in [2.75, 3.05) is 7.11 Å². The maximum Gasteiger partial charge on any atom is 0.354 e. The van der Waals surface area contributed by atoms with Crippen LogP contribution in [0.25, 0.3) is 0 Å². The molecule has 134 valence electrons. The minimum atomic E-state index is -1.92. The quantitative estimate of drug-likeness (QED) is 0.803. The van der Waals surface area contributed by atoms with Crippen molar-refractivity contribution in [3.8, 4) is 5.75 Å². The molecule has 0 radical (unpaired) electrons. The molecule has 2 aromatic rings. The maximum absolute atomic E-state index is 12.9. The molecular formula is C18H15ClN2O5. The molecule has 0 spiro atoms. The molecule has 0 aromatic heterocycles. The summed E-state index contributed by atoms with van der Waals surface area (Å²) >= 11 is 5.88. The lowest BCUT2D eigenvalue weighted by Crippen LogP contribution is -2.43. The van der Waals surface area contributed by atoms with Gasteiger partial charge in [0.1, 0.15) is 5.75 Å². The fourth-order valence-corrected chi connectivity index (χ4v) is 2.83. The Morgan fingerprint density at radius 1 is 1.19 bits per heavy atom. The summed E-state index contributed by atoms with van der Waals surface area (Å²) in [5.41, 5.74) is -1.79. The molecule has 3 rings (SSSR count). The predicted molar refractivity (Wildman–Crippen MR) is 93.7 cm³/mol. The summed E-state index contributed by atoms with van der Waals surface area (Å²) in [6, 6.07) is 12.0. The Morgan fingerprint density at radius 2 is 1.85 bits per heavy atom. The highest BCUT2D eigenvalue weighted by Gasteiger charge is 2.48. The molecule has 7 nitrogen and oxygen atoms in total. The van der Waals surface area contributed by atoms with E-state index in [-0.39, 0.29) is 23.4 Å². The summed E-state index contributed by atoms with van der Waals surface area (Å²) in [5.74, 6) is -1.79. The van der Waals surface area contributed by atoms with Gasteiger partial charge in [0, 0.05) is 10.6 Å². The number of ether oxygens (including phenoxy) is 1. The molecule has 0 bridgehead atoms. The van der Waals surface area contributed by atoms with Gasteiger partial charge in [0.2, 0.25) is 0 Å². The second-order valence-corrected chi connectivity index (χ2v) is 6.11. The summed E-state index contributed by atoms with van der Waals surface area (Å²) in [5, 5.41) is 26.3. The largest absolute Gasteiger partial charge is 0.507 e. The van der Waals surface area contributed by atoms with Gasteiger partial charge in [-0.05, 0) is 24.3 Å². The fourth-order valence-electron chi connectivity index (χ4n) is 2.70. The molecule has 1 aliphatic heterocycles. The zero-order chi connectivity index (χ0) is 18.9. The monoisotopic (exact) mass is 374 g/mol. The van der Waals surface area contributed by atoms with E-state index in [9.17, 15) is 19.8 Å². The number of carbonyl (C=O) groups is 2. The summed E-state index contributed by atoms with van der Waals surface area (Å²) in [6.45, 7) is 0. The molecule has 1 atom stereocenters. The average Bonchev–Trinajstić information content (AvgIpc) is 3.00. The number of hydrogen-bond acceptors (Lipinski definition) is 6. The number of hydrogen-bond donors (Lipinski definition) is 2. The molecule has 1 heterocycles. The predicted octanol–water partition coefficient (Wildman–Crippen LogP) is 2.27. The van der Waals surface area contributed by atoms with Crippen LogP contribution in [0, 0.1) is 0 Å². The van der Waals surface area contributed by atoms with Gasteiger partial charge in [0.25, 0.3) is 5.91 Å². The second kappa shape index (κ2) is 6.78. The fraction of sp³-hybridized carbons (Fsp3) is 0.167. The highest BCUT2D eigenvalue weighted by Crippen LogP contribution is 2.38. The first-order valence-electron chi connectivity index (χ1n) is 7.63. The number of esters is 1. The number of nitrogens with zero attached hydrogens (tertiary/aromatic N) is 2. The minimum Gasteiger partial charge on any atom is -0.507 e. The van der Waals surface area contributed by atoms with Crippen molar-refractivity contribution in [2.24, 2.45) is 5.10 Å². The van der Waals surface area contributed by atoms with Crippen LogP contribution < -0.4 is 0 Å². The van der Waals surface area contributed by atoms with Crippen LogP contribution in [0.5, 0.6) is 5.75 Å². The number of para-hydroxylation sites is 1. The smallest absolute Gasteiger partial charge is 0.354 e. The molecule has 2 aromatic carbocycles. The van der Waals surface area contributed by atoms with E-state index in [1.807, 2.05) is 0 Å². The number of amides is 1. The van der Waals surface area contributed by atoms with E-state index in [0.29, 0.717) is 10.6 Å². The van der Waals surface area contributed by atoms with E-state index in [2.05, 4.69) is 9.84 Å². The number of methoxy groups -OCH3 is 1. The lowest BCUT2D eigenvalue weighted by atomic mass is 9.96. The molecule has 0 fully saturated rings. The molecule has 1 amide bonds. The number of phenolic OH excluding ortho intramolecular Hbond substituents is 1. The molecule has 0 aliphatic carbocycles. The first-order valence-corrected chi connectivity index (χ1v) is 8.01. The van der Waals surface area contributed by atoms with Crippen LogP contribution in [-0.2, 0) is 15.3 Å². The molecule has 0 saturated carbocycles. The number of benzene rings is 2. The van der Waals surface area contributed by atoms with Crippen molar-refractivity contribution in [2.45, 2.75) is 12.1 Å². The van der Waals surface area contributed by atoms with Crippen LogP contribution in [-0.4, -0.2) is 39.9 Å². The van der Waals surface area contributed by atoms with Gasteiger partial charge in [-0.2, -0.15) is 10.1 Å². The number of carbonyl (C=O) groups excluding carboxylic acids is 2. The molecule has 1 unspecified atom stereocenters. The molecule has 0 saturated heterocycles. The Morgan fingerprint density at radius 3 is 2.46 bits per heavy atom. The van der Waals surface area contributed by atoms with Crippen molar-refractivity contribution in [1.82, 2.24) is 5.01 Å². The van der Waals surface area contributed by atoms with Gasteiger partial charge in [-0.3, -0.25) is 4.79 Å². The molecule has 8 heteroatoms. The van der Waals surface area contributed by atoms with E-state index in [1.54, 1.807) is 24.3 Å². The summed E-state index contributed by atoms with van der Waals surface area (Å²) < 4.78 is 4.65. The molecule has 1 aliphatic rings. The van der Waals surface area contributed by atoms with E-state index in [0.717, 1.165) is 5.01 Å². The topological polar surface area (TPSA) is 99.4 Å². The Bertz CT molecular complexity index is 897. The van der Waals surface area contributed by atoms with Gasteiger partial charge in [-0.25, -0.2) is 4.79 Å². The average molecular weight is 375 g/mol. The van der Waals surface area contributed by atoms with Crippen molar-refractivity contribution in [3.05, 3.63) is 64.7 Å². The second-order valence-electron chi connectivity index (χ2n) is 5.67. The SMILES string of the molecule is COC(=O)C1=NN(C(=O)c2ccccc2O)C(O)(c2ccc(Cl)cc2)C1. The highest BCUT2D eigenvalue weighted by molar-refractivity contribution is 6.37. The Labute approximate surface area is 154 Å². The van der Waals surface area contributed by atoms with Crippen LogP contribution in [0.1, 0.15) is 22.3 Å². The third kappa shape index (κ3) is 3.02. The first-order chi connectivity index (χ1) is 12.4.